The van der Waals surface area contributed by atoms with Gasteiger partial charge in [-0.05, 0) is 18.6 Å². The molecule has 0 saturated heterocycles. The van der Waals surface area contributed by atoms with Crippen LogP contribution in [0.3, 0.4) is 0 Å². The number of aromatic nitrogens is 2. The first-order chi connectivity index (χ1) is 6.74. The molecule has 0 aromatic carbocycles. The van der Waals surface area contributed by atoms with Gasteiger partial charge in [0.2, 0.25) is 0 Å². The molecule has 1 N–H and O–H groups in total. The van der Waals surface area contributed by atoms with Gasteiger partial charge in [0.1, 0.15) is 0 Å². The van der Waals surface area contributed by atoms with Crippen molar-refractivity contribution in [3.8, 4) is 0 Å². The smallest absolute Gasteiger partial charge is 0.271 e. The minimum atomic E-state index is -0.224. The molecule has 76 valence electrons. The van der Waals surface area contributed by atoms with Crippen LogP contribution in [-0.2, 0) is 4.74 Å². The summed E-state index contributed by atoms with van der Waals surface area (Å²) in [5, 5.41) is 10.1. The summed E-state index contributed by atoms with van der Waals surface area (Å²) < 4.78 is 4.80. The van der Waals surface area contributed by atoms with E-state index in [-0.39, 0.29) is 5.91 Å². The lowest BCUT2D eigenvalue weighted by molar-refractivity contribution is 0.0931. The van der Waals surface area contributed by atoms with Gasteiger partial charge in [-0.25, -0.2) is 0 Å². The summed E-state index contributed by atoms with van der Waals surface area (Å²) in [7, 11) is 1.58. The number of carbonyl (C=O) groups excluding carboxylic acids is 1. The van der Waals surface area contributed by atoms with Crippen molar-refractivity contribution >= 4 is 5.91 Å². The number of nitrogens with zero attached hydrogens (tertiary/aromatic N) is 2. The van der Waals surface area contributed by atoms with Crippen LogP contribution in [0, 0.1) is 6.92 Å². The number of ether oxygens (including phenoxy) is 1. The van der Waals surface area contributed by atoms with Gasteiger partial charge in [0.15, 0.2) is 5.69 Å². The van der Waals surface area contributed by atoms with Crippen molar-refractivity contribution in [2.45, 2.75) is 6.92 Å². The second kappa shape index (κ2) is 5.29. The Balaban J connectivity index is 2.52. The maximum absolute atomic E-state index is 11.4. The molecule has 0 aliphatic carbocycles. The van der Waals surface area contributed by atoms with Crippen LogP contribution in [-0.4, -0.2) is 36.4 Å². The molecule has 0 fully saturated rings. The fourth-order valence-corrected chi connectivity index (χ4v) is 0.932. The zero-order chi connectivity index (χ0) is 10.4. The van der Waals surface area contributed by atoms with E-state index in [9.17, 15) is 4.79 Å². The molecule has 0 spiro atoms. The Bertz CT molecular complexity index is 315. The Kier molecular flexibility index (Phi) is 4.00. The maximum Gasteiger partial charge on any atom is 0.271 e. The van der Waals surface area contributed by atoms with Gasteiger partial charge >= 0.3 is 0 Å². The molecular formula is C9H13N3O2. The van der Waals surface area contributed by atoms with E-state index < -0.39 is 0 Å². The van der Waals surface area contributed by atoms with Gasteiger partial charge in [0.25, 0.3) is 5.91 Å². The fourth-order valence-electron chi connectivity index (χ4n) is 0.932. The number of carbonyl (C=O) groups is 1. The van der Waals surface area contributed by atoms with Gasteiger partial charge in [-0.3, -0.25) is 4.79 Å². The Morgan fingerprint density at radius 3 is 3.07 bits per heavy atom. The standard InChI is InChI=1S/C9H13N3O2/c1-7-5-8(12-11-6-7)9(13)10-3-4-14-2/h5-6H,3-4H2,1-2H3,(H,10,13). The van der Waals surface area contributed by atoms with Crippen LogP contribution in [0.25, 0.3) is 0 Å². The molecule has 5 heteroatoms. The molecule has 5 nitrogen and oxygen atoms in total. The molecule has 1 aromatic heterocycles. The third kappa shape index (κ3) is 3.10. The number of rotatable bonds is 4. The normalized spacial score (nSPS) is 9.86. The predicted octanol–water partition coefficient (Wildman–Crippen LogP) is 0.161. The second-order valence-electron chi connectivity index (χ2n) is 2.87. The van der Waals surface area contributed by atoms with E-state index in [1.807, 2.05) is 6.92 Å². The van der Waals surface area contributed by atoms with Crippen LogP contribution in [0.2, 0.25) is 0 Å². The monoisotopic (exact) mass is 195 g/mol. The van der Waals surface area contributed by atoms with Crippen LogP contribution >= 0.6 is 0 Å². The summed E-state index contributed by atoms with van der Waals surface area (Å²) in [6.45, 7) is 2.83. The topological polar surface area (TPSA) is 64.1 Å². The first-order valence-electron chi connectivity index (χ1n) is 4.30. The summed E-state index contributed by atoms with van der Waals surface area (Å²) in [6.07, 6.45) is 1.60. The molecular weight excluding hydrogens is 182 g/mol. The molecule has 0 aliphatic heterocycles. The van der Waals surface area contributed by atoms with E-state index in [1.165, 1.54) is 0 Å². The zero-order valence-corrected chi connectivity index (χ0v) is 8.28. The van der Waals surface area contributed by atoms with Crippen molar-refractivity contribution in [1.29, 1.82) is 0 Å². The molecule has 0 radical (unpaired) electrons. The zero-order valence-electron chi connectivity index (χ0n) is 8.28. The summed E-state index contributed by atoms with van der Waals surface area (Å²) in [6, 6.07) is 1.69. The van der Waals surface area contributed by atoms with Gasteiger partial charge < -0.3 is 10.1 Å². The van der Waals surface area contributed by atoms with Crippen molar-refractivity contribution in [3.05, 3.63) is 23.5 Å². The number of nitrogens with one attached hydrogen (secondary N) is 1. The van der Waals surface area contributed by atoms with Crippen molar-refractivity contribution < 1.29 is 9.53 Å². The van der Waals surface area contributed by atoms with E-state index in [0.29, 0.717) is 18.8 Å². The summed E-state index contributed by atoms with van der Waals surface area (Å²) in [4.78, 5) is 11.4. The first-order valence-corrected chi connectivity index (χ1v) is 4.30. The number of hydrogen-bond donors (Lipinski definition) is 1. The number of aryl methyl sites for hydroxylation is 1. The van der Waals surface area contributed by atoms with Crippen molar-refractivity contribution in [1.82, 2.24) is 15.5 Å². The highest BCUT2D eigenvalue weighted by Gasteiger charge is 2.06. The van der Waals surface area contributed by atoms with Gasteiger partial charge in [0.05, 0.1) is 12.8 Å². The molecule has 0 aliphatic rings. The van der Waals surface area contributed by atoms with Gasteiger partial charge in [0, 0.05) is 13.7 Å². The quantitative estimate of drug-likeness (QED) is 0.695. The first kappa shape index (κ1) is 10.6. The molecule has 1 aromatic rings. The van der Waals surface area contributed by atoms with Crippen LogP contribution < -0.4 is 5.32 Å². The lowest BCUT2D eigenvalue weighted by Crippen LogP contribution is -2.27. The van der Waals surface area contributed by atoms with Crippen LogP contribution in [0.5, 0.6) is 0 Å². The van der Waals surface area contributed by atoms with E-state index in [2.05, 4.69) is 15.5 Å². The van der Waals surface area contributed by atoms with Crippen LogP contribution in [0.4, 0.5) is 0 Å². The van der Waals surface area contributed by atoms with E-state index in [0.717, 1.165) is 5.56 Å². The number of amides is 1. The lowest BCUT2D eigenvalue weighted by atomic mass is 10.3. The molecule has 1 rings (SSSR count). The molecule has 0 saturated carbocycles. The number of hydrogen-bond acceptors (Lipinski definition) is 4. The highest BCUT2D eigenvalue weighted by molar-refractivity contribution is 5.92. The van der Waals surface area contributed by atoms with Crippen molar-refractivity contribution in [3.63, 3.8) is 0 Å². The molecule has 0 atom stereocenters. The summed E-state index contributed by atoms with van der Waals surface area (Å²) in [5.41, 5.74) is 1.25. The molecule has 0 unspecified atom stereocenters. The molecule has 1 amide bonds. The average molecular weight is 195 g/mol. The Labute approximate surface area is 82.5 Å². The minimum absolute atomic E-state index is 0.224. The van der Waals surface area contributed by atoms with Crippen LogP contribution in [0.1, 0.15) is 16.1 Å². The molecule has 1 heterocycles. The van der Waals surface area contributed by atoms with Gasteiger partial charge in [-0.1, -0.05) is 0 Å². The van der Waals surface area contributed by atoms with Gasteiger partial charge in [-0.15, -0.1) is 5.10 Å². The van der Waals surface area contributed by atoms with Crippen molar-refractivity contribution in [2.75, 3.05) is 20.3 Å². The number of methoxy groups -OCH3 is 1. The Hall–Kier alpha value is -1.49. The Morgan fingerprint density at radius 1 is 1.64 bits per heavy atom. The summed E-state index contributed by atoms with van der Waals surface area (Å²) >= 11 is 0. The fraction of sp³-hybridized carbons (Fsp3) is 0.444. The average Bonchev–Trinajstić information content (AvgIpc) is 2.18. The van der Waals surface area contributed by atoms with Crippen molar-refractivity contribution in [2.24, 2.45) is 0 Å². The molecule has 0 bridgehead atoms. The lowest BCUT2D eigenvalue weighted by Gasteiger charge is -2.03. The van der Waals surface area contributed by atoms with E-state index >= 15 is 0 Å². The van der Waals surface area contributed by atoms with E-state index in [1.54, 1.807) is 19.4 Å². The van der Waals surface area contributed by atoms with E-state index in [4.69, 9.17) is 4.74 Å². The van der Waals surface area contributed by atoms with Crippen LogP contribution in [0.15, 0.2) is 12.3 Å². The summed E-state index contributed by atoms with van der Waals surface area (Å²) in [5.74, 6) is -0.224. The third-order valence-corrected chi connectivity index (χ3v) is 1.62. The second-order valence-corrected chi connectivity index (χ2v) is 2.87. The van der Waals surface area contributed by atoms with Gasteiger partial charge in [-0.2, -0.15) is 5.10 Å². The SMILES string of the molecule is COCCNC(=O)c1cc(C)cnn1. The minimum Gasteiger partial charge on any atom is -0.383 e. The molecule has 14 heavy (non-hydrogen) atoms. The largest absolute Gasteiger partial charge is 0.383 e. The predicted molar refractivity (Wildman–Crippen MR) is 51.0 cm³/mol. The maximum atomic E-state index is 11.4. The Morgan fingerprint density at radius 2 is 2.43 bits per heavy atom. The highest BCUT2D eigenvalue weighted by atomic mass is 16.5. The highest BCUT2D eigenvalue weighted by Crippen LogP contribution is 1.96. The third-order valence-electron chi connectivity index (χ3n) is 1.62.